The average Bonchev–Trinajstić information content (AvgIpc) is 2.77. The topological polar surface area (TPSA) is 62.2 Å². The van der Waals surface area contributed by atoms with Gasteiger partial charge < -0.3 is 18.9 Å². The van der Waals surface area contributed by atoms with Gasteiger partial charge >= 0.3 is 0 Å². The minimum atomic E-state index is 0.265. The van der Waals surface area contributed by atoms with Gasteiger partial charge in [0.2, 0.25) is 11.8 Å². The van der Waals surface area contributed by atoms with Crippen LogP contribution in [0.5, 0.6) is 23.3 Å². The molecule has 0 radical (unpaired) electrons. The van der Waals surface area contributed by atoms with Crippen LogP contribution in [0, 0.1) is 0 Å². The van der Waals surface area contributed by atoms with Crippen molar-refractivity contribution >= 4 is 5.71 Å². The Morgan fingerprint density at radius 1 is 0.931 bits per heavy atom. The van der Waals surface area contributed by atoms with Gasteiger partial charge in [0.25, 0.3) is 0 Å². The fourth-order valence-corrected chi connectivity index (χ4v) is 4.47. The predicted octanol–water partition coefficient (Wildman–Crippen LogP) is 4.38. The molecule has 1 aromatic heterocycles. The van der Waals surface area contributed by atoms with Crippen molar-refractivity contribution in [1.29, 1.82) is 0 Å². The van der Waals surface area contributed by atoms with Gasteiger partial charge in [0, 0.05) is 17.5 Å². The van der Waals surface area contributed by atoms with Gasteiger partial charge in [-0.1, -0.05) is 12.8 Å². The monoisotopic (exact) mass is 396 g/mol. The first-order valence-electron chi connectivity index (χ1n) is 10.2. The summed E-state index contributed by atoms with van der Waals surface area (Å²) in [5, 5.41) is 0. The first-order valence-corrected chi connectivity index (χ1v) is 10.2. The van der Waals surface area contributed by atoms with Crippen molar-refractivity contribution in [2.75, 3.05) is 27.9 Å². The molecule has 1 aliphatic carbocycles. The molecule has 0 amide bonds. The van der Waals surface area contributed by atoms with E-state index in [-0.39, 0.29) is 6.04 Å². The zero-order chi connectivity index (χ0) is 20.4. The molecule has 0 bridgehead atoms. The lowest BCUT2D eigenvalue weighted by Gasteiger charge is -2.36. The number of nitrogens with zero attached hydrogens (tertiary/aromatic N) is 2. The van der Waals surface area contributed by atoms with E-state index in [0.717, 1.165) is 35.4 Å². The molecule has 1 saturated carbocycles. The number of hydrogen-bond acceptors (Lipinski definition) is 6. The molecule has 154 valence electrons. The van der Waals surface area contributed by atoms with Gasteiger partial charge in [-0.25, -0.2) is 0 Å². The fourth-order valence-electron chi connectivity index (χ4n) is 4.47. The van der Waals surface area contributed by atoms with E-state index in [2.05, 4.69) is 11.1 Å². The molecular weight excluding hydrogens is 368 g/mol. The van der Waals surface area contributed by atoms with E-state index in [1.165, 1.54) is 18.4 Å². The average molecular weight is 396 g/mol. The van der Waals surface area contributed by atoms with Gasteiger partial charge in [-0.05, 0) is 43.5 Å². The Hall–Kier alpha value is -2.76. The summed E-state index contributed by atoms with van der Waals surface area (Å²) in [5.74, 6) is 2.94. The summed E-state index contributed by atoms with van der Waals surface area (Å²) in [5.41, 5.74) is 4.11. The van der Waals surface area contributed by atoms with Crippen molar-refractivity contribution in [3.05, 3.63) is 41.0 Å². The van der Waals surface area contributed by atoms with E-state index in [9.17, 15) is 0 Å². The van der Waals surface area contributed by atoms with Crippen molar-refractivity contribution < 1.29 is 18.9 Å². The molecular formula is C23H28N2O4. The number of aliphatic imine (C=N–C) groups is 1. The second-order valence-corrected chi connectivity index (χ2v) is 7.37. The van der Waals surface area contributed by atoms with Crippen LogP contribution in [-0.4, -0.2) is 44.7 Å². The first-order chi connectivity index (χ1) is 14.2. The third kappa shape index (κ3) is 3.52. The van der Waals surface area contributed by atoms with Crippen molar-refractivity contribution in [3.8, 4) is 23.3 Å². The number of hydrogen-bond donors (Lipinski definition) is 0. The van der Waals surface area contributed by atoms with Crippen molar-refractivity contribution in [2.45, 2.75) is 44.6 Å². The second kappa shape index (κ2) is 8.31. The molecule has 6 heteroatoms. The summed E-state index contributed by atoms with van der Waals surface area (Å²) < 4.78 is 22.4. The second-order valence-electron chi connectivity index (χ2n) is 7.37. The molecule has 0 unspecified atom stereocenters. The molecule has 1 aromatic carbocycles. The van der Waals surface area contributed by atoms with E-state index in [0.29, 0.717) is 30.0 Å². The molecule has 0 spiro atoms. The number of pyridine rings is 1. The zero-order valence-electron chi connectivity index (χ0n) is 17.5. The maximum atomic E-state index is 5.87. The maximum absolute atomic E-state index is 5.87. The van der Waals surface area contributed by atoms with Crippen LogP contribution in [0.25, 0.3) is 0 Å². The molecule has 1 aliphatic heterocycles. The standard InChI is InChI=1S/C23H28N2O4/c1-5-29-20-12-16-14-8-6-7-9-18(14)24-22(17(16)13-19(20)26-2)15-10-11-21(27-3)25-23(15)28-4/h10-14,18H,5-9H2,1-4H3/t14-,18-/m1/s1. The lowest BCUT2D eigenvalue weighted by atomic mass is 9.75. The molecule has 0 N–H and O–H groups in total. The van der Waals surface area contributed by atoms with Crippen molar-refractivity contribution in [2.24, 2.45) is 4.99 Å². The molecule has 2 aromatic rings. The smallest absolute Gasteiger partial charge is 0.226 e. The molecule has 2 atom stereocenters. The third-order valence-corrected chi connectivity index (χ3v) is 5.81. The SMILES string of the molecule is CCOc1cc2c(cc1OC)C(c1ccc(OC)nc1OC)=N[C@@H]1CCCC[C@H]21. The Balaban J connectivity index is 1.90. The van der Waals surface area contributed by atoms with E-state index in [4.69, 9.17) is 23.9 Å². The molecule has 4 rings (SSSR count). The van der Waals surface area contributed by atoms with Crippen molar-refractivity contribution in [1.82, 2.24) is 4.98 Å². The highest BCUT2D eigenvalue weighted by molar-refractivity contribution is 6.16. The van der Waals surface area contributed by atoms with Gasteiger partial charge in [0.15, 0.2) is 11.5 Å². The Morgan fingerprint density at radius 3 is 2.48 bits per heavy atom. The highest BCUT2D eigenvalue weighted by atomic mass is 16.5. The first kappa shape index (κ1) is 19.6. The highest BCUT2D eigenvalue weighted by Crippen LogP contribution is 2.45. The van der Waals surface area contributed by atoms with Gasteiger partial charge in [0.1, 0.15) is 0 Å². The number of benzene rings is 1. The quantitative estimate of drug-likeness (QED) is 0.725. The van der Waals surface area contributed by atoms with Gasteiger partial charge in [-0.2, -0.15) is 4.98 Å². The summed E-state index contributed by atoms with van der Waals surface area (Å²) >= 11 is 0. The number of aromatic nitrogens is 1. The highest BCUT2D eigenvalue weighted by Gasteiger charge is 2.35. The number of ether oxygens (including phenoxy) is 4. The van der Waals surface area contributed by atoms with Crippen LogP contribution in [0.3, 0.4) is 0 Å². The van der Waals surface area contributed by atoms with Crippen molar-refractivity contribution in [3.63, 3.8) is 0 Å². The minimum Gasteiger partial charge on any atom is -0.493 e. The van der Waals surface area contributed by atoms with E-state index < -0.39 is 0 Å². The van der Waals surface area contributed by atoms with Crippen LogP contribution in [0.15, 0.2) is 29.3 Å². The third-order valence-electron chi connectivity index (χ3n) is 5.81. The molecule has 6 nitrogen and oxygen atoms in total. The fraction of sp³-hybridized carbons (Fsp3) is 0.478. The Morgan fingerprint density at radius 2 is 1.76 bits per heavy atom. The summed E-state index contributed by atoms with van der Waals surface area (Å²) in [6, 6.07) is 8.28. The number of rotatable bonds is 6. The maximum Gasteiger partial charge on any atom is 0.226 e. The van der Waals surface area contributed by atoms with Crippen LogP contribution in [-0.2, 0) is 0 Å². The lowest BCUT2D eigenvalue weighted by Crippen LogP contribution is -2.30. The number of fused-ring (bicyclic) bond motifs is 3. The van der Waals surface area contributed by atoms with E-state index >= 15 is 0 Å². The van der Waals surface area contributed by atoms with Crippen LogP contribution in [0.1, 0.15) is 55.2 Å². The summed E-state index contributed by atoms with van der Waals surface area (Å²) in [7, 11) is 4.89. The van der Waals surface area contributed by atoms with Crippen LogP contribution >= 0.6 is 0 Å². The normalized spacial score (nSPS) is 20.2. The van der Waals surface area contributed by atoms with E-state index in [1.54, 1.807) is 21.3 Å². The van der Waals surface area contributed by atoms with Crippen LogP contribution < -0.4 is 18.9 Å². The van der Waals surface area contributed by atoms with Gasteiger partial charge in [-0.3, -0.25) is 4.99 Å². The Kier molecular flexibility index (Phi) is 5.60. The molecule has 1 fully saturated rings. The zero-order valence-corrected chi connectivity index (χ0v) is 17.5. The van der Waals surface area contributed by atoms with Crippen LogP contribution in [0.2, 0.25) is 0 Å². The minimum absolute atomic E-state index is 0.265. The molecule has 0 saturated heterocycles. The lowest BCUT2D eigenvalue weighted by molar-refractivity contribution is 0.308. The Bertz CT molecular complexity index is 925. The summed E-state index contributed by atoms with van der Waals surface area (Å²) in [6.07, 6.45) is 4.68. The van der Waals surface area contributed by atoms with E-state index in [1.807, 2.05) is 25.1 Å². The van der Waals surface area contributed by atoms with Gasteiger partial charge in [-0.15, -0.1) is 0 Å². The Labute approximate surface area is 171 Å². The number of methoxy groups -OCH3 is 3. The molecule has 29 heavy (non-hydrogen) atoms. The van der Waals surface area contributed by atoms with Gasteiger partial charge in [0.05, 0.1) is 45.3 Å². The molecule has 2 aliphatic rings. The summed E-state index contributed by atoms with van der Waals surface area (Å²) in [6.45, 7) is 2.59. The molecule has 2 heterocycles. The largest absolute Gasteiger partial charge is 0.493 e. The predicted molar refractivity (Wildman–Crippen MR) is 112 cm³/mol. The van der Waals surface area contributed by atoms with Crippen LogP contribution in [0.4, 0.5) is 0 Å². The summed E-state index contributed by atoms with van der Waals surface area (Å²) in [4.78, 5) is 9.66.